The van der Waals surface area contributed by atoms with E-state index in [9.17, 15) is 0 Å². The molecule has 4 nitrogen and oxygen atoms in total. The minimum absolute atomic E-state index is 0. The van der Waals surface area contributed by atoms with E-state index in [1.165, 1.54) is 6.33 Å². The van der Waals surface area contributed by atoms with Crippen LogP contribution in [0.15, 0.2) is 12.4 Å². The van der Waals surface area contributed by atoms with Crippen LogP contribution in [0, 0.1) is 0 Å². The van der Waals surface area contributed by atoms with E-state index < -0.39 is 0 Å². The van der Waals surface area contributed by atoms with Crippen LogP contribution in [0.25, 0.3) is 0 Å². The molecule has 1 aromatic rings. The van der Waals surface area contributed by atoms with E-state index in [1.54, 1.807) is 6.07 Å². The van der Waals surface area contributed by atoms with E-state index >= 15 is 0 Å². The summed E-state index contributed by atoms with van der Waals surface area (Å²) in [4.78, 5) is 10.2. The largest absolute Gasteiger partial charge is 0.354 e. The minimum Gasteiger partial charge on any atom is -0.354 e. The fourth-order valence-corrected chi connectivity index (χ4v) is 1.53. The molecule has 1 fully saturated rings. The van der Waals surface area contributed by atoms with Gasteiger partial charge in [0.1, 0.15) is 17.3 Å². The van der Waals surface area contributed by atoms with Crippen LogP contribution in [0.5, 0.6) is 0 Å². The first-order valence-electron chi connectivity index (χ1n) is 4.29. The van der Waals surface area contributed by atoms with Crippen molar-refractivity contribution in [2.45, 2.75) is 0 Å². The van der Waals surface area contributed by atoms with Gasteiger partial charge in [0.05, 0.1) is 0 Å². The average Bonchev–Trinajstić information content (AvgIpc) is 2.19. The van der Waals surface area contributed by atoms with Crippen molar-refractivity contribution in [1.82, 2.24) is 15.3 Å². The SMILES string of the molecule is Cl.Clc1cc(N2CCNCC2)ncn1. The van der Waals surface area contributed by atoms with Gasteiger partial charge in [-0.2, -0.15) is 0 Å². The zero-order valence-electron chi connectivity index (χ0n) is 7.61. The number of anilines is 1. The lowest BCUT2D eigenvalue weighted by atomic mass is 10.3. The van der Waals surface area contributed by atoms with Gasteiger partial charge in [-0.1, -0.05) is 11.6 Å². The Labute approximate surface area is 94.1 Å². The van der Waals surface area contributed by atoms with Gasteiger partial charge in [-0.3, -0.25) is 0 Å². The highest BCUT2D eigenvalue weighted by Crippen LogP contribution is 2.13. The Morgan fingerprint density at radius 3 is 2.64 bits per heavy atom. The quantitative estimate of drug-likeness (QED) is 0.736. The summed E-state index contributed by atoms with van der Waals surface area (Å²) in [6.07, 6.45) is 1.50. The first-order valence-corrected chi connectivity index (χ1v) is 4.67. The zero-order valence-corrected chi connectivity index (χ0v) is 9.18. The van der Waals surface area contributed by atoms with Crippen LogP contribution in [-0.4, -0.2) is 36.1 Å². The molecule has 0 radical (unpaired) electrons. The molecule has 6 heteroatoms. The smallest absolute Gasteiger partial charge is 0.134 e. The first-order chi connectivity index (χ1) is 6.36. The molecule has 0 aromatic carbocycles. The third kappa shape index (κ3) is 2.70. The van der Waals surface area contributed by atoms with Crippen LogP contribution in [-0.2, 0) is 0 Å². The molecule has 0 aliphatic carbocycles. The molecule has 0 spiro atoms. The monoisotopic (exact) mass is 234 g/mol. The highest BCUT2D eigenvalue weighted by Gasteiger charge is 2.11. The van der Waals surface area contributed by atoms with Gasteiger partial charge in [-0.25, -0.2) is 9.97 Å². The van der Waals surface area contributed by atoms with Gasteiger partial charge in [0.25, 0.3) is 0 Å². The van der Waals surface area contributed by atoms with Crippen molar-refractivity contribution >= 4 is 29.8 Å². The molecule has 1 aliphatic heterocycles. The molecule has 0 bridgehead atoms. The molecule has 1 N–H and O–H groups in total. The van der Waals surface area contributed by atoms with Gasteiger partial charge in [-0.05, 0) is 0 Å². The lowest BCUT2D eigenvalue weighted by Gasteiger charge is -2.28. The van der Waals surface area contributed by atoms with E-state index in [0.717, 1.165) is 32.0 Å². The Hall–Kier alpha value is -0.580. The fraction of sp³-hybridized carbons (Fsp3) is 0.500. The number of hydrogen-bond donors (Lipinski definition) is 1. The van der Waals surface area contributed by atoms with Gasteiger partial charge in [0.15, 0.2) is 0 Å². The molecule has 2 heterocycles. The van der Waals surface area contributed by atoms with Crippen molar-refractivity contribution in [3.8, 4) is 0 Å². The minimum atomic E-state index is 0. The second kappa shape index (κ2) is 5.34. The summed E-state index contributed by atoms with van der Waals surface area (Å²) in [5.74, 6) is 0.918. The van der Waals surface area contributed by atoms with Crippen LogP contribution in [0.1, 0.15) is 0 Å². The van der Waals surface area contributed by atoms with Crippen LogP contribution in [0.2, 0.25) is 5.15 Å². The standard InChI is InChI=1S/C8H11ClN4.ClH/c9-7-5-8(12-6-11-7)13-3-1-10-2-4-13;/h5-6,10H,1-4H2;1H. The van der Waals surface area contributed by atoms with Crippen molar-refractivity contribution in [3.05, 3.63) is 17.5 Å². The molecule has 1 saturated heterocycles. The summed E-state index contributed by atoms with van der Waals surface area (Å²) in [5.41, 5.74) is 0. The molecule has 1 aliphatic rings. The van der Waals surface area contributed by atoms with Crippen molar-refractivity contribution in [2.75, 3.05) is 31.1 Å². The molecule has 0 amide bonds. The highest BCUT2D eigenvalue weighted by molar-refractivity contribution is 6.29. The van der Waals surface area contributed by atoms with Crippen molar-refractivity contribution in [2.24, 2.45) is 0 Å². The predicted octanol–water partition coefficient (Wildman–Crippen LogP) is 0.961. The van der Waals surface area contributed by atoms with Crippen molar-refractivity contribution < 1.29 is 0 Å². The molecule has 0 atom stereocenters. The van der Waals surface area contributed by atoms with E-state index in [1.807, 2.05) is 0 Å². The number of hydrogen-bond acceptors (Lipinski definition) is 4. The summed E-state index contributed by atoms with van der Waals surface area (Å²) >= 11 is 5.77. The van der Waals surface area contributed by atoms with Crippen LogP contribution >= 0.6 is 24.0 Å². The molecule has 78 valence electrons. The molecular formula is C8H12Cl2N4. The zero-order chi connectivity index (χ0) is 9.10. The Morgan fingerprint density at radius 2 is 2.00 bits per heavy atom. The van der Waals surface area contributed by atoms with Crippen molar-refractivity contribution in [3.63, 3.8) is 0 Å². The predicted molar refractivity (Wildman–Crippen MR) is 59.4 cm³/mol. The summed E-state index contributed by atoms with van der Waals surface area (Å²) in [7, 11) is 0. The number of halogens is 2. The first kappa shape index (κ1) is 11.5. The Kier molecular flexibility index (Phi) is 4.38. The molecule has 2 rings (SSSR count). The third-order valence-corrected chi connectivity index (χ3v) is 2.27. The fourth-order valence-electron chi connectivity index (χ4n) is 1.39. The number of piperazine rings is 1. The molecule has 0 unspecified atom stereocenters. The van der Waals surface area contributed by atoms with E-state index in [4.69, 9.17) is 11.6 Å². The lowest BCUT2D eigenvalue weighted by Crippen LogP contribution is -2.43. The summed E-state index contributed by atoms with van der Waals surface area (Å²) in [6, 6.07) is 1.80. The lowest BCUT2D eigenvalue weighted by molar-refractivity contribution is 0.584. The normalized spacial score (nSPS) is 16.2. The van der Waals surface area contributed by atoms with Crippen molar-refractivity contribution in [1.29, 1.82) is 0 Å². The molecule has 0 saturated carbocycles. The van der Waals surface area contributed by atoms with Gasteiger partial charge in [0, 0.05) is 32.2 Å². The van der Waals surface area contributed by atoms with Gasteiger partial charge < -0.3 is 10.2 Å². The van der Waals surface area contributed by atoms with Gasteiger partial charge >= 0.3 is 0 Å². The van der Waals surface area contributed by atoms with Crippen LogP contribution < -0.4 is 10.2 Å². The van der Waals surface area contributed by atoms with E-state index in [-0.39, 0.29) is 12.4 Å². The topological polar surface area (TPSA) is 41.0 Å². The molecule has 14 heavy (non-hydrogen) atoms. The number of nitrogens with zero attached hydrogens (tertiary/aromatic N) is 3. The van der Waals surface area contributed by atoms with Gasteiger partial charge in [-0.15, -0.1) is 12.4 Å². The maximum Gasteiger partial charge on any atom is 0.134 e. The Balaban J connectivity index is 0.000000980. The molecule has 1 aromatic heterocycles. The summed E-state index contributed by atoms with van der Waals surface area (Å²) in [6.45, 7) is 3.96. The maximum atomic E-state index is 5.77. The Bertz CT molecular complexity index is 288. The summed E-state index contributed by atoms with van der Waals surface area (Å²) in [5, 5.41) is 3.78. The van der Waals surface area contributed by atoms with Crippen LogP contribution in [0.4, 0.5) is 5.82 Å². The highest BCUT2D eigenvalue weighted by atomic mass is 35.5. The van der Waals surface area contributed by atoms with E-state index in [2.05, 4.69) is 20.2 Å². The van der Waals surface area contributed by atoms with Gasteiger partial charge in [0.2, 0.25) is 0 Å². The number of aromatic nitrogens is 2. The third-order valence-electron chi connectivity index (χ3n) is 2.06. The number of rotatable bonds is 1. The summed E-state index contributed by atoms with van der Waals surface area (Å²) < 4.78 is 0. The maximum absolute atomic E-state index is 5.77. The second-order valence-electron chi connectivity index (χ2n) is 2.94. The number of nitrogens with one attached hydrogen (secondary N) is 1. The van der Waals surface area contributed by atoms with E-state index in [0.29, 0.717) is 5.15 Å². The average molecular weight is 235 g/mol. The molecular weight excluding hydrogens is 223 g/mol. The second-order valence-corrected chi connectivity index (χ2v) is 3.32. The Morgan fingerprint density at radius 1 is 1.29 bits per heavy atom. The van der Waals surface area contributed by atoms with Crippen LogP contribution in [0.3, 0.4) is 0 Å².